The van der Waals surface area contributed by atoms with Gasteiger partial charge >= 0.3 is 0 Å². The van der Waals surface area contributed by atoms with Gasteiger partial charge in [0.25, 0.3) is 5.91 Å². The third kappa shape index (κ3) is 3.29. The Balaban J connectivity index is 1.47. The van der Waals surface area contributed by atoms with Gasteiger partial charge in [0.05, 0.1) is 36.4 Å². The molecule has 3 aliphatic heterocycles. The zero-order valence-electron chi connectivity index (χ0n) is 15.4. The lowest BCUT2D eigenvalue weighted by atomic mass is 9.89. The second-order valence-electron chi connectivity index (χ2n) is 7.31. The largest absolute Gasteiger partial charge is 0.379 e. The molecule has 3 heterocycles. The van der Waals surface area contributed by atoms with Gasteiger partial charge in [-0.05, 0) is 37.5 Å². The fraction of sp³-hybridized carbons (Fsp3) is 0.600. The van der Waals surface area contributed by atoms with Crippen molar-refractivity contribution in [3.8, 4) is 0 Å². The Labute approximate surface area is 153 Å². The van der Waals surface area contributed by atoms with Crippen molar-refractivity contribution >= 4 is 11.6 Å². The first-order chi connectivity index (χ1) is 12.7. The molecule has 1 aromatic rings. The van der Waals surface area contributed by atoms with Crippen LogP contribution in [0.25, 0.3) is 5.70 Å². The number of morpholine rings is 1. The monoisotopic (exact) mass is 357 g/mol. The maximum Gasteiger partial charge on any atom is 0.251 e. The Morgan fingerprint density at radius 2 is 2.12 bits per heavy atom. The lowest BCUT2D eigenvalue weighted by Gasteiger charge is -2.47. The van der Waals surface area contributed by atoms with Gasteiger partial charge < -0.3 is 14.8 Å². The normalized spacial score (nSPS) is 25.8. The minimum Gasteiger partial charge on any atom is -0.379 e. The molecular formula is C20H27N3O3. The van der Waals surface area contributed by atoms with Crippen molar-refractivity contribution in [3.63, 3.8) is 0 Å². The molecule has 1 atom stereocenters. The Morgan fingerprint density at radius 1 is 1.27 bits per heavy atom. The molecule has 6 heteroatoms. The smallest absolute Gasteiger partial charge is 0.251 e. The molecular weight excluding hydrogens is 330 g/mol. The van der Waals surface area contributed by atoms with Gasteiger partial charge in [0.15, 0.2) is 0 Å². The summed E-state index contributed by atoms with van der Waals surface area (Å²) in [5.74, 6) is -0.0200. The van der Waals surface area contributed by atoms with Crippen LogP contribution in [0.4, 0.5) is 0 Å². The molecule has 2 fully saturated rings. The second kappa shape index (κ2) is 7.47. The van der Waals surface area contributed by atoms with Crippen LogP contribution in [0.2, 0.25) is 0 Å². The van der Waals surface area contributed by atoms with E-state index < -0.39 is 0 Å². The summed E-state index contributed by atoms with van der Waals surface area (Å²) in [4.78, 5) is 19.6. The lowest BCUT2D eigenvalue weighted by molar-refractivity contribution is -0.0840. The van der Waals surface area contributed by atoms with E-state index in [1.807, 2.05) is 18.2 Å². The summed E-state index contributed by atoms with van der Waals surface area (Å²) >= 11 is 0. The minimum absolute atomic E-state index is 0.0200. The highest BCUT2D eigenvalue weighted by Gasteiger charge is 2.39. The molecule has 140 valence electrons. The second-order valence-corrected chi connectivity index (χ2v) is 7.31. The van der Waals surface area contributed by atoms with E-state index in [0.717, 1.165) is 68.4 Å². The van der Waals surface area contributed by atoms with E-state index in [-0.39, 0.29) is 11.4 Å². The molecule has 1 amide bonds. The van der Waals surface area contributed by atoms with Crippen LogP contribution in [0, 0.1) is 0 Å². The van der Waals surface area contributed by atoms with E-state index in [4.69, 9.17) is 9.47 Å². The average molecular weight is 357 g/mol. The summed E-state index contributed by atoms with van der Waals surface area (Å²) in [7, 11) is 0. The highest BCUT2D eigenvalue weighted by molar-refractivity contribution is 5.94. The Hall–Kier alpha value is -1.76. The van der Waals surface area contributed by atoms with Gasteiger partial charge in [-0.2, -0.15) is 0 Å². The van der Waals surface area contributed by atoms with Crippen LogP contribution in [0.5, 0.6) is 0 Å². The molecule has 0 spiro atoms. The highest BCUT2D eigenvalue weighted by atomic mass is 16.5. The Morgan fingerprint density at radius 3 is 2.85 bits per heavy atom. The summed E-state index contributed by atoms with van der Waals surface area (Å²) in [5.41, 5.74) is 1.67. The van der Waals surface area contributed by atoms with Crippen LogP contribution in [0.1, 0.15) is 36.5 Å². The summed E-state index contributed by atoms with van der Waals surface area (Å²) < 4.78 is 11.3. The number of hydrogen-bond donors (Lipinski definition) is 1. The molecule has 0 radical (unpaired) electrons. The van der Waals surface area contributed by atoms with E-state index in [9.17, 15) is 4.79 Å². The molecule has 0 aliphatic carbocycles. The molecule has 0 aromatic heterocycles. The van der Waals surface area contributed by atoms with Gasteiger partial charge in [-0.1, -0.05) is 6.92 Å². The van der Waals surface area contributed by atoms with E-state index in [2.05, 4.69) is 22.1 Å². The van der Waals surface area contributed by atoms with Gasteiger partial charge in [-0.25, -0.2) is 0 Å². The van der Waals surface area contributed by atoms with Crippen LogP contribution < -0.4 is 15.9 Å². The first-order valence-electron chi connectivity index (χ1n) is 9.63. The molecule has 3 aliphatic rings. The Bertz CT molecular complexity index is 793. The van der Waals surface area contributed by atoms with Crippen LogP contribution >= 0.6 is 0 Å². The van der Waals surface area contributed by atoms with Gasteiger partial charge in [0.1, 0.15) is 0 Å². The predicted octanol–water partition coefficient (Wildman–Crippen LogP) is 0.449. The van der Waals surface area contributed by atoms with Crippen LogP contribution in [-0.4, -0.2) is 62.4 Å². The number of hydrogen-bond acceptors (Lipinski definition) is 5. The zero-order valence-corrected chi connectivity index (χ0v) is 15.4. The molecule has 4 rings (SSSR count). The quantitative estimate of drug-likeness (QED) is 0.831. The van der Waals surface area contributed by atoms with Crippen molar-refractivity contribution in [1.82, 2.24) is 10.2 Å². The van der Waals surface area contributed by atoms with Gasteiger partial charge in [0, 0.05) is 37.0 Å². The molecule has 1 N–H and O–H groups in total. The number of carbonyl (C=O) groups excluding carboxylic acids is 1. The molecule has 1 aromatic carbocycles. The van der Waals surface area contributed by atoms with Crippen molar-refractivity contribution in [2.75, 3.05) is 46.1 Å². The third-order valence-electron chi connectivity index (χ3n) is 5.72. The standard InChI is InChI=1S/C20H27N3O3/c1-2-17-16-12-15(4-5-18(16)22-17)19(24)21-13-20(6-3-9-26-14-20)23-7-10-25-11-8-23/h4-5,12H,2-3,6-11,13-14H2,1H3,(H,21,24). The van der Waals surface area contributed by atoms with Gasteiger partial charge in [-0.3, -0.25) is 14.7 Å². The predicted molar refractivity (Wildman–Crippen MR) is 98.4 cm³/mol. The summed E-state index contributed by atoms with van der Waals surface area (Å²) in [6, 6.07) is 5.77. The number of fused-ring (bicyclic) bond motifs is 1. The Kier molecular flexibility index (Phi) is 5.07. The number of benzene rings is 1. The molecule has 2 saturated heterocycles. The first kappa shape index (κ1) is 17.6. The molecule has 6 nitrogen and oxygen atoms in total. The summed E-state index contributed by atoms with van der Waals surface area (Å²) in [5, 5.41) is 5.27. The molecule has 0 saturated carbocycles. The lowest BCUT2D eigenvalue weighted by Crippen LogP contribution is -2.62. The zero-order chi connectivity index (χ0) is 18.0. The van der Waals surface area contributed by atoms with E-state index >= 15 is 0 Å². The number of carbonyl (C=O) groups is 1. The number of rotatable bonds is 5. The van der Waals surface area contributed by atoms with Crippen LogP contribution in [0.15, 0.2) is 23.2 Å². The number of ether oxygens (including phenoxy) is 2. The van der Waals surface area contributed by atoms with Crippen molar-refractivity contribution in [2.24, 2.45) is 4.99 Å². The number of nitrogens with zero attached hydrogens (tertiary/aromatic N) is 2. The number of amides is 1. The van der Waals surface area contributed by atoms with Crippen molar-refractivity contribution in [3.05, 3.63) is 34.3 Å². The van der Waals surface area contributed by atoms with Crippen molar-refractivity contribution < 1.29 is 14.3 Å². The minimum atomic E-state index is -0.117. The maximum absolute atomic E-state index is 12.8. The topological polar surface area (TPSA) is 63.2 Å². The van der Waals surface area contributed by atoms with E-state index in [1.165, 1.54) is 0 Å². The van der Waals surface area contributed by atoms with Crippen molar-refractivity contribution in [1.29, 1.82) is 0 Å². The molecule has 1 unspecified atom stereocenters. The SMILES string of the molecule is CCC1=c2cc(C(=O)NCC3(N4CCOCC4)CCCOC3)ccc2=N1. The summed E-state index contributed by atoms with van der Waals surface area (Å²) in [6.07, 6.45) is 2.97. The highest BCUT2D eigenvalue weighted by Crippen LogP contribution is 2.27. The van der Waals surface area contributed by atoms with Crippen LogP contribution in [0.3, 0.4) is 0 Å². The van der Waals surface area contributed by atoms with Crippen molar-refractivity contribution in [2.45, 2.75) is 31.7 Å². The summed E-state index contributed by atoms with van der Waals surface area (Å²) in [6.45, 7) is 7.47. The molecule has 0 bridgehead atoms. The molecule has 26 heavy (non-hydrogen) atoms. The maximum atomic E-state index is 12.8. The van der Waals surface area contributed by atoms with Crippen LogP contribution in [-0.2, 0) is 9.47 Å². The first-order valence-corrected chi connectivity index (χ1v) is 9.63. The fourth-order valence-electron chi connectivity index (χ4n) is 4.15. The van der Waals surface area contributed by atoms with Gasteiger partial charge in [0.2, 0.25) is 0 Å². The number of nitrogens with one attached hydrogen (secondary N) is 1. The third-order valence-corrected chi connectivity index (χ3v) is 5.72. The van der Waals surface area contributed by atoms with E-state index in [1.54, 1.807) is 0 Å². The van der Waals surface area contributed by atoms with E-state index in [0.29, 0.717) is 18.7 Å². The fourth-order valence-corrected chi connectivity index (χ4v) is 4.15. The van der Waals surface area contributed by atoms with Gasteiger partial charge in [-0.15, -0.1) is 0 Å². The average Bonchev–Trinajstić information content (AvgIpc) is 2.69.